The Morgan fingerprint density at radius 1 is 1.31 bits per heavy atom. The Bertz CT molecular complexity index is 480. The minimum Gasteiger partial charge on any atom is -0.275 e. The Balaban J connectivity index is 2.43. The molecule has 0 radical (unpaired) electrons. The molecule has 0 aliphatic carbocycles. The van der Waals surface area contributed by atoms with Crippen LogP contribution >= 0.6 is 0 Å². The Hall–Kier alpha value is -1.65. The van der Waals surface area contributed by atoms with Crippen LogP contribution in [0.25, 0.3) is 11.5 Å². The van der Waals surface area contributed by atoms with E-state index in [0.717, 1.165) is 17.9 Å². The maximum Gasteiger partial charge on any atom is 0.201 e. The van der Waals surface area contributed by atoms with Crippen molar-refractivity contribution in [2.75, 3.05) is 0 Å². The summed E-state index contributed by atoms with van der Waals surface area (Å²) in [6.07, 6.45) is 2.79. The zero-order valence-electron chi connectivity index (χ0n) is 10.2. The van der Waals surface area contributed by atoms with Gasteiger partial charge in [-0.25, -0.2) is 9.67 Å². The lowest BCUT2D eigenvalue weighted by Crippen LogP contribution is -2.07. The molecule has 0 amide bonds. The summed E-state index contributed by atoms with van der Waals surface area (Å²) in [5, 5.41) is 8.80. The van der Waals surface area contributed by atoms with Crippen molar-refractivity contribution in [2.24, 2.45) is 7.05 Å². The molecule has 5 heteroatoms. The van der Waals surface area contributed by atoms with E-state index in [-0.39, 0.29) is 0 Å². The molecular formula is C11H17N5. The van der Waals surface area contributed by atoms with Crippen LogP contribution in [0.1, 0.15) is 32.6 Å². The van der Waals surface area contributed by atoms with Gasteiger partial charge in [-0.15, -0.1) is 5.10 Å². The number of aromatic nitrogens is 5. The third-order valence-corrected chi connectivity index (χ3v) is 2.45. The zero-order chi connectivity index (χ0) is 11.7. The highest BCUT2D eigenvalue weighted by atomic mass is 15.4. The van der Waals surface area contributed by atoms with E-state index >= 15 is 0 Å². The van der Waals surface area contributed by atoms with Crippen LogP contribution < -0.4 is 0 Å². The largest absolute Gasteiger partial charge is 0.275 e. The second-order valence-corrected chi connectivity index (χ2v) is 4.12. The number of aryl methyl sites for hydroxylation is 2. The van der Waals surface area contributed by atoms with E-state index in [1.165, 1.54) is 0 Å². The molecule has 0 bridgehead atoms. The minimum atomic E-state index is 0.333. The van der Waals surface area contributed by atoms with E-state index in [1.807, 2.05) is 24.0 Å². The molecule has 5 nitrogen and oxygen atoms in total. The highest BCUT2D eigenvalue weighted by Crippen LogP contribution is 2.16. The van der Waals surface area contributed by atoms with Crippen LogP contribution in [0.15, 0.2) is 12.3 Å². The van der Waals surface area contributed by atoms with Crippen LogP contribution in [0.2, 0.25) is 0 Å². The molecule has 0 aliphatic rings. The van der Waals surface area contributed by atoms with Gasteiger partial charge >= 0.3 is 0 Å². The smallest absolute Gasteiger partial charge is 0.201 e. The predicted octanol–water partition coefficient (Wildman–Crippen LogP) is 1.82. The molecule has 2 aromatic rings. The highest BCUT2D eigenvalue weighted by molar-refractivity contribution is 5.47. The Kier molecular flexibility index (Phi) is 2.77. The fraction of sp³-hybridized carbons (Fsp3) is 0.545. The van der Waals surface area contributed by atoms with Crippen LogP contribution in [0, 0.1) is 0 Å². The zero-order valence-corrected chi connectivity index (χ0v) is 10.2. The molecule has 0 atom stereocenters. The Labute approximate surface area is 95.1 Å². The number of rotatable bonds is 3. The molecular weight excluding hydrogens is 202 g/mol. The summed E-state index contributed by atoms with van der Waals surface area (Å²) in [6, 6.07) is 2.26. The van der Waals surface area contributed by atoms with Gasteiger partial charge in [-0.2, -0.15) is 5.10 Å². The molecule has 2 heterocycles. The molecule has 0 aromatic carbocycles. The van der Waals surface area contributed by atoms with Crippen LogP contribution in [0.4, 0.5) is 0 Å². The van der Waals surface area contributed by atoms with Crippen LogP contribution in [0.5, 0.6) is 0 Å². The molecule has 0 aliphatic heterocycles. The standard InChI is InChI=1S/C11H17N5/c1-5-10-12-11(14-16(10)8(2)3)9-6-7-15(4)13-9/h6-8H,5H2,1-4H3. The fourth-order valence-electron chi connectivity index (χ4n) is 1.65. The molecule has 16 heavy (non-hydrogen) atoms. The SMILES string of the molecule is CCc1nc(-c2ccn(C)n2)nn1C(C)C. The van der Waals surface area contributed by atoms with Gasteiger partial charge in [0.2, 0.25) is 5.82 Å². The molecule has 0 spiro atoms. The Morgan fingerprint density at radius 2 is 2.06 bits per heavy atom. The van der Waals surface area contributed by atoms with E-state index in [0.29, 0.717) is 11.9 Å². The van der Waals surface area contributed by atoms with Crippen molar-refractivity contribution in [3.63, 3.8) is 0 Å². The lowest BCUT2D eigenvalue weighted by atomic mass is 10.4. The van der Waals surface area contributed by atoms with Crippen molar-refractivity contribution in [3.05, 3.63) is 18.1 Å². The average Bonchev–Trinajstić information content (AvgIpc) is 2.82. The summed E-state index contributed by atoms with van der Waals surface area (Å²) in [5.41, 5.74) is 0.830. The lowest BCUT2D eigenvalue weighted by Gasteiger charge is -2.06. The predicted molar refractivity (Wildman–Crippen MR) is 62.0 cm³/mol. The van der Waals surface area contributed by atoms with Gasteiger partial charge in [-0.1, -0.05) is 6.92 Å². The van der Waals surface area contributed by atoms with E-state index < -0.39 is 0 Å². The van der Waals surface area contributed by atoms with E-state index in [9.17, 15) is 0 Å². The van der Waals surface area contributed by atoms with Gasteiger partial charge in [0.25, 0.3) is 0 Å². The van der Waals surface area contributed by atoms with Gasteiger partial charge < -0.3 is 0 Å². The van der Waals surface area contributed by atoms with Crippen molar-refractivity contribution < 1.29 is 0 Å². The second-order valence-electron chi connectivity index (χ2n) is 4.12. The summed E-state index contributed by atoms with van der Waals surface area (Å²) >= 11 is 0. The van der Waals surface area contributed by atoms with E-state index in [2.05, 4.69) is 36.0 Å². The second kappa shape index (κ2) is 4.08. The monoisotopic (exact) mass is 219 g/mol. The van der Waals surface area contributed by atoms with Gasteiger partial charge in [-0.05, 0) is 19.9 Å². The minimum absolute atomic E-state index is 0.333. The van der Waals surface area contributed by atoms with Crippen molar-refractivity contribution >= 4 is 0 Å². The first-order chi connectivity index (χ1) is 7.61. The quantitative estimate of drug-likeness (QED) is 0.791. The number of nitrogens with zero attached hydrogens (tertiary/aromatic N) is 5. The topological polar surface area (TPSA) is 48.5 Å². The molecule has 0 unspecified atom stereocenters. The Morgan fingerprint density at radius 3 is 2.50 bits per heavy atom. The summed E-state index contributed by atoms with van der Waals surface area (Å²) in [4.78, 5) is 4.51. The van der Waals surface area contributed by atoms with Crippen molar-refractivity contribution in [3.8, 4) is 11.5 Å². The van der Waals surface area contributed by atoms with Crippen molar-refractivity contribution in [1.82, 2.24) is 24.5 Å². The van der Waals surface area contributed by atoms with Gasteiger partial charge in [-0.3, -0.25) is 4.68 Å². The lowest BCUT2D eigenvalue weighted by molar-refractivity contribution is 0.508. The van der Waals surface area contributed by atoms with Crippen LogP contribution in [-0.2, 0) is 13.5 Å². The van der Waals surface area contributed by atoms with E-state index in [1.54, 1.807) is 4.68 Å². The van der Waals surface area contributed by atoms with Gasteiger partial charge in [0, 0.05) is 25.7 Å². The summed E-state index contributed by atoms with van der Waals surface area (Å²) in [5.74, 6) is 1.72. The first-order valence-electron chi connectivity index (χ1n) is 5.57. The van der Waals surface area contributed by atoms with Gasteiger partial charge in [0.15, 0.2) is 0 Å². The molecule has 2 aromatic heterocycles. The third kappa shape index (κ3) is 1.85. The van der Waals surface area contributed by atoms with Crippen molar-refractivity contribution in [1.29, 1.82) is 0 Å². The van der Waals surface area contributed by atoms with Gasteiger partial charge in [0.1, 0.15) is 11.5 Å². The average molecular weight is 219 g/mol. The molecule has 0 saturated carbocycles. The maximum atomic E-state index is 4.51. The summed E-state index contributed by atoms with van der Waals surface area (Å²) in [6.45, 7) is 6.30. The van der Waals surface area contributed by atoms with Crippen LogP contribution in [0.3, 0.4) is 0 Å². The highest BCUT2D eigenvalue weighted by Gasteiger charge is 2.13. The third-order valence-electron chi connectivity index (χ3n) is 2.45. The number of hydrogen-bond acceptors (Lipinski definition) is 3. The molecule has 0 N–H and O–H groups in total. The molecule has 0 fully saturated rings. The maximum absolute atomic E-state index is 4.51. The summed E-state index contributed by atoms with van der Waals surface area (Å²) in [7, 11) is 1.89. The first-order valence-corrected chi connectivity index (χ1v) is 5.57. The first kappa shape index (κ1) is 10.9. The molecule has 0 saturated heterocycles. The van der Waals surface area contributed by atoms with Crippen LogP contribution in [-0.4, -0.2) is 24.5 Å². The summed E-state index contributed by atoms with van der Waals surface area (Å²) < 4.78 is 3.72. The fourth-order valence-corrected chi connectivity index (χ4v) is 1.65. The molecule has 86 valence electrons. The van der Waals surface area contributed by atoms with E-state index in [4.69, 9.17) is 0 Å². The normalized spacial score (nSPS) is 11.3. The molecule has 2 rings (SSSR count). The number of hydrogen-bond donors (Lipinski definition) is 0. The van der Waals surface area contributed by atoms with Crippen molar-refractivity contribution in [2.45, 2.75) is 33.2 Å². The van der Waals surface area contributed by atoms with Gasteiger partial charge in [0.05, 0.1) is 0 Å².